The van der Waals surface area contributed by atoms with Crippen molar-refractivity contribution in [2.75, 3.05) is 5.75 Å². The molecule has 0 unspecified atom stereocenters. The second-order valence-corrected chi connectivity index (χ2v) is 3.83. The van der Waals surface area contributed by atoms with Crippen molar-refractivity contribution in [2.24, 2.45) is 5.73 Å². The predicted octanol–water partition coefficient (Wildman–Crippen LogP) is 0.0306. The third-order valence-corrected chi connectivity index (χ3v) is 2.78. The molecule has 13 heavy (non-hydrogen) atoms. The average Bonchev–Trinajstić information content (AvgIpc) is 2.42. The highest BCUT2D eigenvalue weighted by Crippen LogP contribution is 2.12. The van der Waals surface area contributed by atoms with Gasteiger partial charge in [-0.3, -0.25) is 4.57 Å². The van der Waals surface area contributed by atoms with E-state index in [0.717, 1.165) is 5.75 Å². The van der Waals surface area contributed by atoms with E-state index < -0.39 is 0 Å². The summed E-state index contributed by atoms with van der Waals surface area (Å²) < 4.78 is 1.59. The van der Waals surface area contributed by atoms with Crippen molar-refractivity contribution in [2.45, 2.75) is 31.6 Å². The maximum Gasteiger partial charge on any atom is 0.343 e. The molecule has 0 spiro atoms. The lowest BCUT2D eigenvalue weighted by atomic mass is 10.4. The van der Waals surface area contributed by atoms with Crippen LogP contribution in [0.15, 0.2) is 9.95 Å². The highest BCUT2D eigenvalue weighted by molar-refractivity contribution is 7.99. The zero-order valence-corrected chi connectivity index (χ0v) is 8.60. The molecule has 1 heterocycles. The number of nitrogens with zero attached hydrogens (tertiary/aromatic N) is 2. The lowest BCUT2D eigenvalue weighted by molar-refractivity contribution is 0.659. The number of H-pyrrole nitrogens is 1. The van der Waals surface area contributed by atoms with E-state index in [1.807, 2.05) is 13.8 Å². The predicted molar refractivity (Wildman–Crippen MR) is 52.9 cm³/mol. The number of nitrogens with two attached hydrogens (primary N) is 1. The molecule has 0 fully saturated rings. The summed E-state index contributed by atoms with van der Waals surface area (Å²) in [6.07, 6.45) is 0. The average molecular weight is 202 g/mol. The molecule has 0 aliphatic rings. The Morgan fingerprint density at radius 2 is 2.46 bits per heavy atom. The number of aromatic nitrogens is 3. The largest absolute Gasteiger partial charge is 0.343 e. The number of hydrogen-bond acceptors (Lipinski definition) is 4. The summed E-state index contributed by atoms with van der Waals surface area (Å²) in [5.41, 5.74) is 5.43. The molecule has 0 saturated carbocycles. The molecule has 0 aliphatic carbocycles. The van der Waals surface area contributed by atoms with Gasteiger partial charge in [0.1, 0.15) is 0 Å². The van der Waals surface area contributed by atoms with Gasteiger partial charge in [0.15, 0.2) is 5.16 Å². The third-order valence-electron chi connectivity index (χ3n) is 1.51. The van der Waals surface area contributed by atoms with Crippen LogP contribution in [0.2, 0.25) is 0 Å². The van der Waals surface area contributed by atoms with E-state index in [1.165, 1.54) is 11.8 Å². The van der Waals surface area contributed by atoms with Crippen LogP contribution in [0.5, 0.6) is 0 Å². The van der Waals surface area contributed by atoms with Gasteiger partial charge in [0.2, 0.25) is 0 Å². The summed E-state index contributed by atoms with van der Waals surface area (Å²) in [5.74, 6) is 0.768. The molecule has 5 nitrogen and oxygen atoms in total. The summed E-state index contributed by atoms with van der Waals surface area (Å²) in [5, 5.41) is 7.01. The van der Waals surface area contributed by atoms with Gasteiger partial charge in [-0.1, -0.05) is 11.8 Å². The molecule has 0 radical (unpaired) electrons. The number of thioether (sulfide) groups is 1. The highest BCUT2D eigenvalue weighted by atomic mass is 32.2. The number of nitrogens with one attached hydrogen (secondary N) is 1. The third kappa shape index (κ3) is 2.60. The van der Waals surface area contributed by atoms with Gasteiger partial charge >= 0.3 is 5.69 Å². The molecule has 74 valence electrons. The number of hydrogen-bond donors (Lipinski definition) is 2. The molecular formula is C7H14N4OS. The Morgan fingerprint density at radius 1 is 1.77 bits per heavy atom. The van der Waals surface area contributed by atoms with Crippen LogP contribution in [0.4, 0.5) is 0 Å². The Balaban J connectivity index is 2.71. The van der Waals surface area contributed by atoms with Gasteiger partial charge in [0.25, 0.3) is 0 Å². The van der Waals surface area contributed by atoms with Crippen molar-refractivity contribution in [3.63, 3.8) is 0 Å². The smallest absolute Gasteiger partial charge is 0.327 e. The van der Waals surface area contributed by atoms with E-state index in [0.29, 0.717) is 11.7 Å². The first kappa shape index (κ1) is 10.3. The molecule has 0 amide bonds. The van der Waals surface area contributed by atoms with E-state index in [-0.39, 0.29) is 11.7 Å². The van der Waals surface area contributed by atoms with Crippen LogP contribution < -0.4 is 11.4 Å². The number of aromatic amines is 1. The summed E-state index contributed by atoms with van der Waals surface area (Å²) in [6.45, 7) is 4.47. The SMILES string of the molecule is CCn1c(SC[C@@H](C)N)n[nH]c1=O. The molecule has 0 saturated heterocycles. The van der Waals surface area contributed by atoms with Gasteiger partial charge < -0.3 is 5.73 Å². The van der Waals surface area contributed by atoms with Gasteiger partial charge in [-0.25, -0.2) is 9.89 Å². The van der Waals surface area contributed by atoms with Gasteiger partial charge in [-0.05, 0) is 13.8 Å². The highest BCUT2D eigenvalue weighted by Gasteiger charge is 2.07. The molecule has 1 rings (SSSR count). The minimum absolute atomic E-state index is 0.113. The fourth-order valence-electron chi connectivity index (χ4n) is 0.898. The first-order valence-electron chi connectivity index (χ1n) is 4.18. The fourth-order valence-corrected chi connectivity index (χ4v) is 1.79. The van der Waals surface area contributed by atoms with Crippen molar-refractivity contribution in [1.82, 2.24) is 14.8 Å². The zero-order chi connectivity index (χ0) is 9.84. The van der Waals surface area contributed by atoms with Crippen LogP contribution in [0.3, 0.4) is 0 Å². The first-order valence-corrected chi connectivity index (χ1v) is 5.17. The molecule has 0 bridgehead atoms. The molecule has 0 aromatic carbocycles. The van der Waals surface area contributed by atoms with Gasteiger partial charge in [0, 0.05) is 18.3 Å². The minimum Gasteiger partial charge on any atom is -0.327 e. The summed E-state index contributed by atoms with van der Waals surface area (Å²) in [7, 11) is 0. The molecule has 1 atom stereocenters. The maximum absolute atomic E-state index is 11.1. The molecular weight excluding hydrogens is 188 g/mol. The van der Waals surface area contributed by atoms with E-state index in [2.05, 4.69) is 10.2 Å². The summed E-state index contributed by atoms with van der Waals surface area (Å²) in [4.78, 5) is 11.1. The second-order valence-electron chi connectivity index (χ2n) is 2.84. The van der Waals surface area contributed by atoms with Crippen molar-refractivity contribution < 1.29 is 0 Å². The molecule has 1 aromatic rings. The Bertz CT molecular complexity index is 317. The van der Waals surface area contributed by atoms with Gasteiger partial charge in [-0.2, -0.15) is 0 Å². The van der Waals surface area contributed by atoms with E-state index in [9.17, 15) is 4.79 Å². The Kier molecular flexibility index (Phi) is 3.56. The van der Waals surface area contributed by atoms with Crippen LogP contribution in [-0.4, -0.2) is 26.6 Å². The lowest BCUT2D eigenvalue weighted by Crippen LogP contribution is -2.19. The number of rotatable bonds is 4. The molecule has 0 aliphatic heterocycles. The Hall–Kier alpha value is -0.750. The minimum atomic E-state index is -0.158. The monoisotopic (exact) mass is 202 g/mol. The summed E-state index contributed by atoms with van der Waals surface area (Å²) in [6, 6.07) is 0.113. The zero-order valence-electron chi connectivity index (χ0n) is 7.78. The molecule has 6 heteroatoms. The lowest BCUT2D eigenvalue weighted by Gasteiger charge is -2.03. The van der Waals surface area contributed by atoms with Crippen LogP contribution in [0.25, 0.3) is 0 Å². The van der Waals surface area contributed by atoms with Crippen LogP contribution in [0, 0.1) is 0 Å². The van der Waals surface area contributed by atoms with Crippen molar-refractivity contribution >= 4 is 11.8 Å². The summed E-state index contributed by atoms with van der Waals surface area (Å²) >= 11 is 1.50. The topological polar surface area (TPSA) is 76.7 Å². The van der Waals surface area contributed by atoms with Crippen molar-refractivity contribution in [1.29, 1.82) is 0 Å². The quantitative estimate of drug-likeness (QED) is 0.675. The normalized spacial score (nSPS) is 13.2. The van der Waals surface area contributed by atoms with Crippen LogP contribution >= 0.6 is 11.8 Å². The second kappa shape index (κ2) is 4.48. The van der Waals surface area contributed by atoms with Crippen LogP contribution in [0.1, 0.15) is 13.8 Å². The van der Waals surface area contributed by atoms with Crippen molar-refractivity contribution in [3.05, 3.63) is 10.5 Å². The fraction of sp³-hybridized carbons (Fsp3) is 0.714. The first-order chi connectivity index (χ1) is 6.15. The Labute approximate surface area is 80.7 Å². The standard InChI is InChI=1S/C7H14N4OS/c1-3-11-6(12)9-10-7(11)13-4-5(2)8/h5H,3-4,8H2,1-2H3,(H,9,12)/t5-/m1/s1. The van der Waals surface area contributed by atoms with Crippen molar-refractivity contribution in [3.8, 4) is 0 Å². The molecule has 3 N–H and O–H groups in total. The van der Waals surface area contributed by atoms with E-state index in [1.54, 1.807) is 4.57 Å². The van der Waals surface area contributed by atoms with Crippen LogP contribution in [-0.2, 0) is 6.54 Å². The van der Waals surface area contributed by atoms with Gasteiger partial charge in [0.05, 0.1) is 0 Å². The molecule has 1 aromatic heterocycles. The van der Waals surface area contributed by atoms with E-state index in [4.69, 9.17) is 5.73 Å². The van der Waals surface area contributed by atoms with E-state index >= 15 is 0 Å². The van der Waals surface area contributed by atoms with Gasteiger partial charge in [-0.15, -0.1) is 5.10 Å². The maximum atomic E-state index is 11.1. The Morgan fingerprint density at radius 3 is 3.00 bits per heavy atom.